The summed E-state index contributed by atoms with van der Waals surface area (Å²) in [5, 5.41) is 2.73. The highest BCUT2D eigenvalue weighted by Gasteiger charge is 2.31. The molecule has 2 rings (SSSR count). The Kier molecular flexibility index (Phi) is 7.67. The first-order valence-electron chi connectivity index (χ1n) is 9.72. The first-order chi connectivity index (χ1) is 14.5. The molecular formula is C22H28N2O6S. The van der Waals surface area contributed by atoms with Crippen molar-refractivity contribution in [2.75, 3.05) is 29.6 Å². The number of hydrogen-bond donors (Lipinski definition) is 1. The van der Waals surface area contributed by atoms with Crippen LogP contribution in [0.15, 0.2) is 36.4 Å². The molecule has 168 valence electrons. The van der Waals surface area contributed by atoms with Crippen LogP contribution in [-0.2, 0) is 19.6 Å². The van der Waals surface area contributed by atoms with Crippen LogP contribution in [0.5, 0.6) is 5.75 Å². The zero-order chi connectivity index (χ0) is 23.3. The fourth-order valence-corrected chi connectivity index (χ4v) is 4.36. The van der Waals surface area contributed by atoms with Crippen LogP contribution < -0.4 is 14.4 Å². The molecule has 0 saturated carbocycles. The summed E-state index contributed by atoms with van der Waals surface area (Å²) in [5.41, 5.74) is 2.33. The monoisotopic (exact) mass is 448 g/mol. The normalized spacial score (nSPS) is 12.1. The van der Waals surface area contributed by atoms with Gasteiger partial charge in [0.15, 0.2) is 0 Å². The fraction of sp³-hybridized carbons (Fsp3) is 0.364. The van der Waals surface area contributed by atoms with Crippen LogP contribution in [-0.4, -0.2) is 46.3 Å². The molecular weight excluding hydrogens is 420 g/mol. The van der Waals surface area contributed by atoms with E-state index < -0.39 is 27.9 Å². The molecule has 0 aliphatic carbocycles. The highest BCUT2D eigenvalue weighted by Crippen LogP contribution is 2.33. The van der Waals surface area contributed by atoms with Crippen LogP contribution in [0.1, 0.15) is 35.3 Å². The molecule has 2 aromatic carbocycles. The number of carbonyl (C=O) groups excluding carboxylic acids is 2. The number of ether oxygens (including phenoxy) is 2. The average molecular weight is 449 g/mol. The molecule has 1 atom stereocenters. The Bertz CT molecular complexity index is 1080. The zero-order valence-electron chi connectivity index (χ0n) is 18.6. The summed E-state index contributed by atoms with van der Waals surface area (Å²) in [7, 11) is -2.39. The lowest BCUT2D eigenvalue weighted by Crippen LogP contribution is -2.45. The maximum Gasteiger partial charge on any atom is 0.338 e. The van der Waals surface area contributed by atoms with Gasteiger partial charge < -0.3 is 14.8 Å². The third-order valence-corrected chi connectivity index (χ3v) is 5.97. The number of aryl methyl sites for hydroxylation is 1. The molecule has 0 spiro atoms. The number of anilines is 2. The Hall–Kier alpha value is -3.07. The minimum Gasteiger partial charge on any atom is -0.495 e. The van der Waals surface area contributed by atoms with E-state index in [4.69, 9.17) is 9.47 Å². The van der Waals surface area contributed by atoms with Gasteiger partial charge in [0.25, 0.3) is 0 Å². The third kappa shape index (κ3) is 5.55. The first-order valence-corrected chi connectivity index (χ1v) is 11.6. The zero-order valence-corrected chi connectivity index (χ0v) is 19.4. The van der Waals surface area contributed by atoms with Gasteiger partial charge in [-0.25, -0.2) is 13.2 Å². The Balaban J connectivity index is 2.42. The van der Waals surface area contributed by atoms with E-state index in [0.29, 0.717) is 22.6 Å². The van der Waals surface area contributed by atoms with Crippen LogP contribution in [0.4, 0.5) is 11.4 Å². The molecule has 0 heterocycles. The molecule has 8 nitrogen and oxygen atoms in total. The van der Waals surface area contributed by atoms with Gasteiger partial charge in [0.2, 0.25) is 15.9 Å². The van der Waals surface area contributed by atoms with Crippen molar-refractivity contribution in [1.82, 2.24) is 0 Å². The van der Waals surface area contributed by atoms with Crippen molar-refractivity contribution in [1.29, 1.82) is 0 Å². The van der Waals surface area contributed by atoms with Gasteiger partial charge in [-0.05, 0) is 63.1 Å². The number of rotatable bonds is 8. The number of esters is 1. The number of benzene rings is 2. The molecule has 2 aromatic rings. The predicted molar refractivity (Wildman–Crippen MR) is 120 cm³/mol. The highest BCUT2D eigenvalue weighted by atomic mass is 32.2. The molecule has 0 saturated heterocycles. The topological polar surface area (TPSA) is 102 Å². The van der Waals surface area contributed by atoms with E-state index in [0.717, 1.165) is 16.1 Å². The number of nitrogens with zero attached hydrogens (tertiary/aromatic N) is 1. The summed E-state index contributed by atoms with van der Waals surface area (Å²) >= 11 is 0. The Morgan fingerprint density at radius 1 is 1.16 bits per heavy atom. The van der Waals surface area contributed by atoms with Crippen LogP contribution in [0.3, 0.4) is 0 Å². The number of methoxy groups -OCH3 is 1. The van der Waals surface area contributed by atoms with E-state index >= 15 is 0 Å². The van der Waals surface area contributed by atoms with Crippen molar-refractivity contribution in [3.63, 3.8) is 0 Å². The molecule has 0 unspecified atom stereocenters. The quantitative estimate of drug-likeness (QED) is 0.622. The minimum absolute atomic E-state index is 0.230. The number of nitrogens with one attached hydrogen (secondary N) is 1. The molecule has 0 aromatic heterocycles. The minimum atomic E-state index is -3.82. The standard InChI is InChI=1S/C22H28N2O6S/c1-7-30-22(26)17-9-8-10-18(15(17)3)23-21(25)16(4)24(31(6,27)28)19-13-14(2)11-12-20(19)29-5/h8-13,16H,7H2,1-6H3,(H,23,25)/t16-/m1/s1. The summed E-state index contributed by atoms with van der Waals surface area (Å²) < 4.78 is 36.6. The fourth-order valence-electron chi connectivity index (χ4n) is 3.19. The first kappa shape index (κ1) is 24.2. The van der Waals surface area contributed by atoms with E-state index in [1.165, 1.54) is 14.0 Å². The Labute approximate surface area is 183 Å². The second-order valence-corrected chi connectivity index (χ2v) is 8.96. The number of sulfonamides is 1. The molecule has 1 amide bonds. The maximum atomic E-state index is 13.0. The Morgan fingerprint density at radius 3 is 2.42 bits per heavy atom. The summed E-state index contributed by atoms with van der Waals surface area (Å²) in [6, 6.07) is 8.87. The largest absolute Gasteiger partial charge is 0.495 e. The predicted octanol–water partition coefficient (Wildman–Crippen LogP) is 3.28. The second kappa shape index (κ2) is 9.82. The molecule has 31 heavy (non-hydrogen) atoms. The lowest BCUT2D eigenvalue weighted by Gasteiger charge is -2.29. The van der Waals surface area contributed by atoms with Gasteiger partial charge in [0.05, 0.1) is 31.2 Å². The molecule has 0 radical (unpaired) electrons. The van der Waals surface area contributed by atoms with Gasteiger partial charge in [-0.2, -0.15) is 0 Å². The molecule has 9 heteroatoms. The number of carbonyl (C=O) groups is 2. The van der Waals surface area contributed by atoms with Crippen molar-refractivity contribution in [2.24, 2.45) is 0 Å². The second-order valence-electron chi connectivity index (χ2n) is 7.10. The summed E-state index contributed by atoms with van der Waals surface area (Å²) in [4.78, 5) is 25.2. The van der Waals surface area contributed by atoms with Gasteiger partial charge in [-0.3, -0.25) is 9.10 Å². The molecule has 1 N–H and O–H groups in total. The van der Waals surface area contributed by atoms with Crippen LogP contribution >= 0.6 is 0 Å². The van der Waals surface area contributed by atoms with Gasteiger partial charge in [0, 0.05) is 5.69 Å². The summed E-state index contributed by atoms with van der Waals surface area (Å²) in [6.07, 6.45) is 1.03. The number of hydrogen-bond acceptors (Lipinski definition) is 6. The van der Waals surface area contributed by atoms with Crippen molar-refractivity contribution < 1.29 is 27.5 Å². The van der Waals surface area contributed by atoms with Crippen molar-refractivity contribution in [2.45, 2.75) is 33.7 Å². The average Bonchev–Trinajstić information content (AvgIpc) is 2.68. The van der Waals surface area contributed by atoms with Gasteiger partial charge in [0.1, 0.15) is 11.8 Å². The SMILES string of the molecule is CCOC(=O)c1cccc(NC(=O)[C@@H](C)N(c2cc(C)ccc2OC)S(C)(=O)=O)c1C. The van der Waals surface area contributed by atoms with Crippen LogP contribution in [0.2, 0.25) is 0 Å². The Morgan fingerprint density at radius 2 is 1.84 bits per heavy atom. The lowest BCUT2D eigenvalue weighted by molar-refractivity contribution is -0.116. The van der Waals surface area contributed by atoms with Crippen molar-refractivity contribution in [3.8, 4) is 5.75 Å². The van der Waals surface area contributed by atoms with E-state index in [1.54, 1.807) is 50.2 Å². The molecule has 0 bridgehead atoms. The molecule has 0 aliphatic rings. The van der Waals surface area contributed by atoms with Gasteiger partial charge >= 0.3 is 5.97 Å². The third-order valence-electron chi connectivity index (χ3n) is 4.75. The van der Waals surface area contributed by atoms with Crippen LogP contribution in [0.25, 0.3) is 0 Å². The van der Waals surface area contributed by atoms with Crippen LogP contribution in [0, 0.1) is 13.8 Å². The summed E-state index contributed by atoms with van der Waals surface area (Å²) in [6.45, 7) is 6.93. The highest BCUT2D eigenvalue weighted by molar-refractivity contribution is 7.92. The van der Waals surface area contributed by atoms with Gasteiger partial charge in [-0.15, -0.1) is 0 Å². The van der Waals surface area contributed by atoms with Gasteiger partial charge in [-0.1, -0.05) is 12.1 Å². The lowest BCUT2D eigenvalue weighted by atomic mass is 10.1. The van der Waals surface area contributed by atoms with E-state index in [2.05, 4.69) is 5.32 Å². The molecule has 0 aliphatic heterocycles. The molecule has 0 fully saturated rings. The maximum absolute atomic E-state index is 13.0. The number of amides is 1. The van der Waals surface area contributed by atoms with E-state index in [1.807, 2.05) is 6.92 Å². The van der Waals surface area contributed by atoms with Crippen molar-refractivity contribution in [3.05, 3.63) is 53.1 Å². The summed E-state index contributed by atoms with van der Waals surface area (Å²) in [5.74, 6) is -0.722. The van der Waals surface area contributed by atoms with E-state index in [9.17, 15) is 18.0 Å². The van der Waals surface area contributed by atoms with E-state index in [-0.39, 0.29) is 12.3 Å². The smallest absolute Gasteiger partial charge is 0.338 e. The van der Waals surface area contributed by atoms with Crippen molar-refractivity contribution >= 4 is 33.3 Å².